The third kappa shape index (κ3) is 6.72. The molecule has 15 heteroatoms. The van der Waals surface area contributed by atoms with Crippen molar-refractivity contribution in [3.05, 3.63) is 66.7 Å². The highest BCUT2D eigenvalue weighted by Gasteiger charge is 2.32. The van der Waals surface area contributed by atoms with E-state index in [9.17, 15) is 14.9 Å². The van der Waals surface area contributed by atoms with E-state index in [1.54, 1.807) is 25.7 Å². The lowest BCUT2D eigenvalue weighted by Crippen LogP contribution is -2.50. The largest absolute Gasteiger partial charge is 0.444 e. The molecule has 1 saturated heterocycles. The van der Waals surface area contributed by atoms with Gasteiger partial charge in [0.05, 0.1) is 54.8 Å². The number of benzene rings is 1. The van der Waals surface area contributed by atoms with Gasteiger partial charge in [-0.3, -0.25) is 9.36 Å². The van der Waals surface area contributed by atoms with Gasteiger partial charge in [0.15, 0.2) is 5.82 Å². The third-order valence-corrected chi connectivity index (χ3v) is 8.95. The van der Waals surface area contributed by atoms with Crippen molar-refractivity contribution in [3.63, 3.8) is 0 Å². The molecule has 5 rings (SSSR count). The van der Waals surface area contributed by atoms with Crippen LogP contribution in [0.1, 0.15) is 77.3 Å². The molecule has 11 nitrogen and oxygen atoms in total. The number of pyridine rings is 2. The SMILES string of the molecule is CC(C)c1ncnc(C(C)C)c1-n1c(=O)c(C#N)c(N2CCN(C(=O)OC(C)(C)C)CC2)c2cc(Cl)c(-c3c(N)c(Cl)cc(Cl)c3F)nc21. The van der Waals surface area contributed by atoms with Crippen LogP contribution in [0, 0.1) is 17.1 Å². The van der Waals surface area contributed by atoms with E-state index in [1.165, 1.54) is 23.0 Å². The van der Waals surface area contributed by atoms with Crippen molar-refractivity contribution >= 4 is 63.3 Å². The molecule has 3 aromatic heterocycles. The normalized spacial score (nSPS) is 13.8. The number of nitrogen functional groups attached to an aromatic ring is 1. The molecule has 1 aliphatic rings. The Balaban J connectivity index is 1.86. The summed E-state index contributed by atoms with van der Waals surface area (Å²) in [5.74, 6) is -1.24. The number of piperazine rings is 1. The van der Waals surface area contributed by atoms with Gasteiger partial charge in [-0.15, -0.1) is 0 Å². The number of halogens is 4. The Morgan fingerprint density at radius 3 is 2.10 bits per heavy atom. The number of hydrogen-bond donors (Lipinski definition) is 1. The minimum absolute atomic E-state index is 0.0132. The van der Waals surface area contributed by atoms with E-state index < -0.39 is 23.1 Å². The van der Waals surface area contributed by atoms with Crippen LogP contribution in [0.3, 0.4) is 0 Å². The summed E-state index contributed by atoms with van der Waals surface area (Å²) in [5, 5.41) is 10.6. The van der Waals surface area contributed by atoms with Crippen LogP contribution in [0.5, 0.6) is 0 Å². The summed E-state index contributed by atoms with van der Waals surface area (Å²) in [6, 6.07) is 4.82. The van der Waals surface area contributed by atoms with Crippen molar-refractivity contribution in [1.29, 1.82) is 5.26 Å². The standard InChI is InChI=1S/C34H36Cl3FN8O3/c1-16(2)26-30(27(17(3)4)42-15-41-26)46-31-18(12-22(37)28(43-31)23-24(38)20(35)13-21(36)25(23)40)29(19(14-39)32(46)47)44-8-10-45(11-9-44)33(48)49-34(5,6)7/h12-13,15-17H,8-11,40H2,1-7H3. The first-order valence-electron chi connectivity index (χ1n) is 15.7. The predicted octanol–water partition coefficient (Wildman–Crippen LogP) is 7.70. The van der Waals surface area contributed by atoms with Gasteiger partial charge in [0.2, 0.25) is 0 Å². The number of fused-ring (bicyclic) bond motifs is 1. The van der Waals surface area contributed by atoms with E-state index in [0.29, 0.717) is 22.5 Å². The predicted molar refractivity (Wildman–Crippen MR) is 191 cm³/mol. The highest BCUT2D eigenvalue weighted by molar-refractivity contribution is 6.38. The monoisotopic (exact) mass is 728 g/mol. The van der Waals surface area contributed by atoms with Crippen LogP contribution in [0.4, 0.5) is 20.6 Å². The molecule has 4 heterocycles. The third-order valence-electron chi connectivity index (χ3n) is 8.08. The molecule has 49 heavy (non-hydrogen) atoms. The summed E-state index contributed by atoms with van der Waals surface area (Å²) < 4.78 is 22.5. The van der Waals surface area contributed by atoms with Gasteiger partial charge in [-0.1, -0.05) is 62.5 Å². The number of aromatic nitrogens is 4. The molecule has 0 unspecified atom stereocenters. The lowest BCUT2D eigenvalue weighted by Gasteiger charge is -2.37. The number of carbonyl (C=O) groups excluding carboxylic acids is 1. The van der Waals surface area contributed by atoms with Crippen LogP contribution >= 0.6 is 34.8 Å². The first-order chi connectivity index (χ1) is 23.0. The second kappa shape index (κ2) is 13.6. The van der Waals surface area contributed by atoms with Crippen molar-refractivity contribution in [2.24, 2.45) is 0 Å². The number of amides is 1. The summed E-state index contributed by atoms with van der Waals surface area (Å²) in [4.78, 5) is 44.8. The molecule has 0 aliphatic carbocycles. The van der Waals surface area contributed by atoms with Crippen molar-refractivity contribution in [2.45, 2.75) is 65.9 Å². The molecule has 4 aromatic rings. The van der Waals surface area contributed by atoms with Gasteiger partial charge in [0, 0.05) is 31.6 Å². The Bertz CT molecular complexity index is 2030. The molecule has 0 spiro atoms. The fraction of sp³-hybridized carbons (Fsp3) is 0.412. The van der Waals surface area contributed by atoms with Crippen LogP contribution < -0.4 is 16.2 Å². The van der Waals surface area contributed by atoms with Gasteiger partial charge in [0.1, 0.15) is 29.2 Å². The van der Waals surface area contributed by atoms with Gasteiger partial charge < -0.3 is 20.3 Å². The number of nitrogens with zero attached hydrogens (tertiary/aromatic N) is 7. The average molecular weight is 730 g/mol. The Labute approximate surface area is 298 Å². The van der Waals surface area contributed by atoms with Crippen LogP contribution in [0.2, 0.25) is 15.1 Å². The minimum Gasteiger partial charge on any atom is -0.444 e. The molecule has 258 valence electrons. The number of nitriles is 1. The molecular formula is C34H36Cl3FN8O3. The van der Waals surface area contributed by atoms with Crippen LogP contribution in [0.25, 0.3) is 28.0 Å². The van der Waals surface area contributed by atoms with E-state index in [1.807, 2.05) is 32.6 Å². The van der Waals surface area contributed by atoms with Crippen molar-refractivity contribution < 1.29 is 13.9 Å². The second-order valence-electron chi connectivity index (χ2n) is 13.4. The fourth-order valence-electron chi connectivity index (χ4n) is 5.84. The number of carbonyl (C=O) groups is 1. The maximum atomic E-state index is 15.7. The summed E-state index contributed by atoms with van der Waals surface area (Å²) >= 11 is 19.4. The zero-order valence-electron chi connectivity index (χ0n) is 28.2. The van der Waals surface area contributed by atoms with Crippen LogP contribution in [-0.4, -0.2) is 62.3 Å². The molecule has 1 amide bonds. The molecule has 1 aromatic carbocycles. The first-order valence-corrected chi connectivity index (χ1v) is 16.8. The lowest BCUT2D eigenvalue weighted by atomic mass is 10.00. The van der Waals surface area contributed by atoms with Gasteiger partial charge >= 0.3 is 6.09 Å². The molecule has 0 bridgehead atoms. The number of nitrogens with two attached hydrogens (primary N) is 1. The summed E-state index contributed by atoms with van der Waals surface area (Å²) in [5.41, 5.74) is 6.01. The lowest BCUT2D eigenvalue weighted by molar-refractivity contribution is 0.0240. The van der Waals surface area contributed by atoms with Gasteiger partial charge in [-0.2, -0.15) is 5.26 Å². The Morgan fingerprint density at radius 1 is 0.980 bits per heavy atom. The van der Waals surface area contributed by atoms with Gasteiger partial charge in [-0.05, 0) is 44.7 Å². The first kappa shape index (κ1) is 36.1. The van der Waals surface area contributed by atoms with Crippen LogP contribution in [0.15, 0.2) is 23.3 Å². The molecule has 0 atom stereocenters. The Hall–Kier alpha value is -4.18. The van der Waals surface area contributed by atoms with Crippen molar-refractivity contribution in [1.82, 2.24) is 24.4 Å². The van der Waals surface area contributed by atoms with Crippen molar-refractivity contribution in [2.75, 3.05) is 36.8 Å². The molecule has 0 radical (unpaired) electrons. The number of hydrogen-bond acceptors (Lipinski definition) is 9. The summed E-state index contributed by atoms with van der Waals surface area (Å²) in [6.45, 7) is 14.1. The zero-order chi connectivity index (χ0) is 36.1. The maximum Gasteiger partial charge on any atom is 0.410 e. The molecule has 1 fully saturated rings. The zero-order valence-corrected chi connectivity index (χ0v) is 30.4. The van der Waals surface area contributed by atoms with E-state index >= 15 is 4.39 Å². The van der Waals surface area contributed by atoms with E-state index in [-0.39, 0.29) is 86.9 Å². The highest BCUT2D eigenvalue weighted by atomic mass is 35.5. The minimum atomic E-state index is -0.896. The number of rotatable bonds is 5. The molecular weight excluding hydrogens is 694 g/mol. The molecule has 2 N–H and O–H groups in total. The van der Waals surface area contributed by atoms with Crippen molar-refractivity contribution in [3.8, 4) is 23.0 Å². The van der Waals surface area contributed by atoms with E-state index in [4.69, 9.17) is 50.3 Å². The van der Waals surface area contributed by atoms with E-state index in [0.717, 1.165) is 0 Å². The quantitative estimate of drug-likeness (QED) is 0.161. The molecule has 0 saturated carbocycles. The topological polar surface area (TPSA) is 143 Å². The second-order valence-corrected chi connectivity index (χ2v) is 14.6. The van der Waals surface area contributed by atoms with Crippen LogP contribution in [-0.2, 0) is 4.74 Å². The summed E-state index contributed by atoms with van der Waals surface area (Å²) in [6.07, 6.45) is 0.971. The smallest absolute Gasteiger partial charge is 0.410 e. The summed E-state index contributed by atoms with van der Waals surface area (Å²) in [7, 11) is 0. The maximum absolute atomic E-state index is 15.7. The number of anilines is 2. The average Bonchev–Trinajstić information content (AvgIpc) is 3.03. The van der Waals surface area contributed by atoms with Gasteiger partial charge in [0.25, 0.3) is 5.56 Å². The fourth-order valence-corrected chi connectivity index (χ4v) is 6.55. The van der Waals surface area contributed by atoms with E-state index in [2.05, 4.69) is 16.0 Å². The Morgan fingerprint density at radius 2 is 1.57 bits per heavy atom. The Kier molecular flexibility index (Phi) is 10.0. The number of ether oxygens (including phenoxy) is 1. The molecule has 1 aliphatic heterocycles. The highest BCUT2D eigenvalue weighted by Crippen LogP contribution is 2.43. The van der Waals surface area contributed by atoms with Gasteiger partial charge in [-0.25, -0.2) is 24.1 Å².